The van der Waals surface area contributed by atoms with Crippen LogP contribution in [0, 0.1) is 47.8 Å². The third kappa shape index (κ3) is 6.52. The molecule has 0 radical (unpaired) electrons. The van der Waals surface area contributed by atoms with Crippen molar-refractivity contribution in [3.05, 3.63) is 100 Å². The SMILES string of the molecule is Cc1ccc(CNC(=O)C2CCC(CN(Cc3ccccc3)S(=O)(=O)c3c(F)c(F)c(F)c(F)c3F)CC2)cc1. The van der Waals surface area contributed by atoms with E-state index in [-0.39, 0.29) is 30.8 Å². The molecule has 3 aromatic carbocycles. The topological polar surface area (TPSA) is 66.5 Å². The van der Waals surface area contributed by atoms with Crippen LogP contribution in [0.15, 0.2) is 59.5 Å². The van der Waals surface area contributed by atoms with E-state index in [1.807, 2.05) is 31.2 Å². The minimum absolute atomic E-state index is 0.116. The van der Waals surface area contributed by atoms with E-state index >= 15 is 0 Å². The third-order valence-electron chi connectivity index (χ3n) is 7.24. The second-order valence-corrected chi connectivity index (χ2v) is 12.0. The number of sulfonamides is 1. The van der Waals surface area contributed by atoms with Gasteiger partial charge < -0.3 is 5.32 Å². The molecule has 0 bridgehead atoms. The Morgan fingerprint density at radius 1 is 0.800 bits per heavy atom. The van der Waals surface area contributed by atoms with Crippen molar-refractivity contribution in [3.8, 4) is 0 Å². The number of carbonyl (C=O) groups excluding carboxylic acids is 1. The first-order valence-corrected chi connectivity index (χ1v) is 14.3. The van der Waals surface area contributed by atoms with Gasteiger partial charge in [0.15, 0.2) is 28.2 Å². The molecule has 1 fully saturated rings. The summed E-state index contributed by atoms with van der Waals surface area (Å²) in [5.74, 6) is -12.6. The van der Waals surface area contributed by atoms with Crippen LogP contribution in [0.25, 0.3) is 0 Å². The fraction of sp³-hybridized carbons (Fsp3) is 0.345. The predicted molar refractivity (Wildman–Crippen MR) is 139 cm³/mol. The van der Waals surface area contributed by atoms with Crippen LogP contribution in [0.5, 0.6) is 0 Å². The van der Waals surface area contributed by atoms with E-state index in [4.69, 9.17) is 0 Å². The second kappa shape index (κ2) is 12.5. The van der Waals surface area contributed by atoms with Gasteiger partial charge in [-0.05, 0) is 49.7 Å². The third-order valence-corrected chi connectivity index (χ3v) is 9.07. The van der Waals surface area contributed by atoms with Crippen LogP contribution in [-0.4, -0.2) is 25.2 Å². The molecule has 0 aromatic heterocycles. The molecule has 214 valence electrons. The van der Waals surface area contributed by atoms with Crippen molar-refractivity contribution < 1.29 is 35.2 Å². The summed E-state index contributed by atoms with van der Waals surface area (Å²) in [5.41, 5.74) is 2.54. The number of benzene rings is 3. The molecule has 3 aromatic rings. The summed E-state index contributed by atoms with van der Waals surface area (Å²) in [6, 6.07) is 15.9. The van der Waals surface area contributed by atoms with E-state index in [1.54, 1.807) is 30.3 Å². The minimum Gasteiger partial charge on any atom is -0.352 e. The summed E-state index contributed by atoms with van der Waals surface area (Å²) in [6.45, 7) is 1.80. The average Bonchev–Trinajstić information content (AvgIpc) is 2.95. The van der Waals surface area contributed by atoms with Crippen LogP contribution in [0.4, 0.5) is 22.0 Å². The molecule has 0 saturated heterocycles. The number of carbonyl (C=O) groups is 1. The van der Waals surface area contributed by atoms with Gasteiger partial charge in [-0.2, -0.15) is 4.31 Å². The van der Waals surface area contributed by atoms with Gasteiger partial charge in [0.05, 0.1) is 0 Å². The van der Waals surface area contributed by atoms with Gasteiger partial charge in [-0.1, -0.05) is 60.2 Å². The van der Waals surface area contributed by atoms with Crippen LogP contribution in [0.2, 0.25) is 0 Å². The molecule has 1 saturated carbocycles. The maximum Gasteiger partial charge on any atom is 0.249 e. The number of halogens is 5. The van der Waals surface area contributed by atoms with Crippen molar-refractivity contribution in [1.29, 1.82) is 0 Å². The van der Waals surface area contributed by atoms with Crippen molar-refractivity contribution in [2.24, 2.45) is 11.8 Å². The van der Waals surface area contributed by atoms with Gasteiger partial charge in [0.2, 0.25) is 21.7 Å². The monoisotopic (exact) mass is 580 g/mol. The van der Waals surface area contributed by atoms with Gasteiger partial charge in [0.25, 0.3) is 0 Å². The lowest BCUT2D eigenvalue weighted by molar-refractivity contribution is -0.126. The Hall–Kier alpha value is -3.31. The Bertz CT molecular complexity index is 1430. The molecule has 0 spiro atoms. The van der Waals surface area contributed by atoms with Gasteiger partial charge in [0, 0.05) is 25.6 Å². The first-order valence-electron chi connectivity index (χ1n) is 12.9. The highest BCUT2D eigenvalue weighted by molar-refractivity contribution is 7.89. The quantitative estimate of drug-likeness (QED) is 0.192. The van der Waals surface area contributed by atoms with E-state index in [0.29, 0.717) is 37.8 Å². The number of hydrogen-bond donors (Lipinski definition) is 1. The molecular weight excluding hydrogens is 551 g/mol. The smallest absolute Gasteiger partial charge is 0.249 e. The van der Waals surface area contributed by atoms with Crippen molar-refractivity contribution in [2.75, 3.05) is 6.54 Å². The van der Waals surface area contributed by atoms with Crippen molar-refractivity contribution >= 4 is 15.9 Å². The number of rotatable bonds is 9. The Balaban J connectivity index is 1.49. The zero-order valence-corrected chi connectivity index (χ0v) is 22.6. The molecule has 1 N–H and O–H groups in total. The number of hydrogen-bond acceptors (Lipinski definition) is 3. The molecule has 1 aliphatic carbocycles. The molecule has 1 aliphatic rings. The normalized spacial score (nSPS) is 17.7. The maximum atomic E-state index is 14.6. The molecular formula is C29H29F5N2O3S. The molecule has 5 nitrogen and oxygen atoms in total. The van der Waals surface area contributed by atoms with Crippen molar-refractivity contribution in [3.63, 3.8) is 0 Å². The number of nitrogens with zero attached hydrogens (tertiary/aromatic N) is 1. The van der Waals surface area contributed by atoms with E-state index in [2.05, 4.69) is 5.32 Å². The highest BCUT2D eigenvalue weighted by Crippen LogP contribution is 2.34. The van der Waals surface area contributed by atoms with Crippen LogP contribution in [-0.2, 0) is 27.9 Å². The average molecular weight is 581 g/mol. The number of amides is 1. The molecule has 0 atom stereocenters. The van der Waals surface area contributed by atoms with Crippen molar-refractivity contribution in [2.45, 2.75) is 50.6 Å². The lowest BCUT2D eigenvalue weighted by atomic mass is 9.81. The molecule has 1 amide bonds. The largest absolute Gasteiger partial charge is 0.352 e. The summed E-state index contributed by atoms with van der Waals surface area (Å²) >= 11 is 0. The number of nitrogens with one attached hydrogen (secondary N) is 1. The van der Waals surface area contributed by atoms with Crippen molar-refractivity contribution in [1.82, 2.24) is 9.62 Å². The highest BCUT2D eigenvalue weighted by atomic mass is 32.2. The Morgan fingerprint density at radius 3 is 1.93 bits per heavy atom. The van der Waals surface area contributed by atoms with E-state index in [9.17, 15) is 35.2 Å². The Labute approximate surface area is 230 Å². The molecule has 0 heterocycles. The van der Waals surface area contributed by atoms with Gasteiger partial charge in [-0.25, -0.2) is 30.4 Å². The summed E-state index contributed by atoms with van der Waals surface area (Å²) < 4.78 is 98.1. The molecule has 0 aliphatic heterocycles. The first kappa shape index (κ1) is 29.7. The van der Waals surface area contributed by atoms with E-state index < -0.39 is 44.0 Å². The Kier molecular flexibility index (Phi) is 9.25. The standard InChI is InChI=1S/C29H29F5N2O3S/c1-18-7-9-19(10-8-18)15-35-29(37)22-13-11-21(12-14-22)17-36(16-20-5-3-2-4-6-20)40(38,39)28-26(33)24(31)23(30)25(32)27(28)34/h2-10,21-22H,11-17H2,1H3,(H,35,37). The maximum absolute atomic E-state index is 14.6. The summed E-state index contributed by atoms with van der Waals surface area (Å²) in [7, 11) is -5.14. The fourth-order valence-electron chi connectivity index (χ4n) is 4.91. The molecule has 11 heteroatoms. The minimum atomic E-state index is -5.14. The summed E-state index contributed by atoms with van der Waals surface area (Å²) in [4.78, 5) is 10.8. The zero-order chi connectivity index (χ0) is 29.0. The lowest BCUT2D eigenvalue weighted by Gasteiger charge is -2.32. The highest BCUT2D eigenvalue weighted by Gasteiger charge is 2.38. The van der Waals surface area contributed by atoms with Gasteiger partial charge in [0.1, 0.15) is 0 Å². The predicted octanol–water partition coefficient (Wildman–Crippen LogP) is 6.00. The second-order valence-electron chi connectivity index (χ2n) is 10.1. The van der Waals surface area contributed by atoms with Crippen LogP contribution < -0.4 is 5.32 Å². The summed E-state index contributed by atoms with van der Waals surface area (Å²) in [5, 5.41) is 2.92. The Morgan fingerprint density at radius 2 is 1.35 bits per heavy atom. The first-order chi connectivity index (χ1) is 19.0. The molecule has 0 unspecified atom stereocenters. The van der Waals surface area contributed by atoms with E-state index in [1.165, 1.54) is 0 Å². The van der Waals surface area contributed by atoms with Crippen LogP contribution >= 0.6 is 0 Å². The van der Waals surface area contributed by atoms with Gasteiger partial charge >= 0.3 is 0 Å². The molecule has 40 heavy (non-hydrogen) atoms. The van der Waals surface area contributed by atoms with Gasteiger partial charge in [-0.15, -0.1) is 0 Å². The lowest BCUT2D eigenvalue weighted by Crippen LogP contribution is -2.39. The van der Waals surface area contributed by atoms with Crippen LogP contribution in [0.1, 0.15) is 42.4 Å². The van der Waals surface area contributed by atoms with Crippen LogP contribution in [0.3, 0.4) is 0 Å². The zero-order valence-electron chi connectivity index (χ0n) is 21.8. The summed E-state index contributed by atoms with van der Waals surface area (Å²) in [6.07, 6.45) is 1.82. The molecule has 4 rings (SSSR count). The van der Waals surface area contributed by atoms with Gasteiger partial charge in [-0.3, -0.25) is 4.79 Å². The number of aryl methyl sites for hydroxylation is 1. The van der Waals surface area contributed by atoms with E-state index in [0.717, 1.165) is 15.4 Å². The fourth-order valence-corrected chi connectivity index (χ4v) is 6.53.